The molecular weight excluding hydrogens is 643 g/mol. The van der Waals surface area contributed by atoms with Gasteiger partial charge in [0.25, 0.3) is 11.1 Å². The summed E-state index contributed by atoms with van der Waals surface area (Å²) < 4.78 is 14.2. The third kappa shape index (κ3) is 3.61. The van der Waals surface area contributed by atoms with E-state index in [0.717, 1.165) is 82.8 Å². The zero-order chi connectivity index (χ0) is 35.6. The molecule has 0 aliphatic carbocycles. The molecule has 0 bridgehead atoms. The first kappa shape index (κ1) is 29.7. The van der Waals surface area contributed by atoms with Gasteiger partial charge in [-0.15, -0.1) is 0 Å². The predicted octanol–water partition coefficient (Wildman–Crippen LogP) is 8.63. The maximum absolute atomic E-state index is 14.6. The molecule has 7 nitrogen and oxygen atoms in total. The molecule has 8 heteroatoms. The molecule has 0 spiro atoms. The van der Waals surface area contributed by atoms with Gasteiger partial charge < -0.3 is 4.42 Å². The number of para-hydroxylation sites is 1. The van der Waals surface area contributed by atoms with Crippen molar-refractivity contribution in [2.45, 2.75) is 52.4 Å². The van der Waals surface area contributed by atoms with Crippen molar-refractivity contribution in [1.29, 1.82) is 0 Å². The normalized spacial score (nSPS) is 13.7. The third-order valence-electron chi connectivity index (χ3n) is 11.5. The van der Waals surface area contributed by atoms with E-state index in [1.807, 2.05) is 33.6 Å². The number of hydrogen-bond donors (Lipinski definition) is 0. The molecule has 0 saturated heterocycles. The van der Waals surface area contributed by atoms with Crippen LogP contribution in [-0.2, 0) is 10.8 Å². The molecule has 0 unspecified atom stereocenters. The molecule has 3 aromatic heterocycles. The zero-order valence-corrected chi connectivity index (χ0v) is 29.9. The first-order chi connectivity index (χ1) is 24.9. The van der Waals surface area contributed by atoms with E-state index >= 15 is 0 Å². The van der Waals surface area contributed by atoms with Crippen LogP contribution in [-0.4, -0.2) is 25.5 Å². The highest BCUT2D eigenvalue weighted by molar-refractivity contribution is 6.74. The van der Waals surface area contributed by atoms with Gasteiger partial charge in [0, 0.05) is 16.2 Å². The molecule has 11 rings (SSSR count). The Labute approximate surface area is 299 Å². The lowest BCUT2D eigenvalue weighted by molar-refractivity contribution is 0.591. The van der Waals surface area contributed by atoms with Crippen LogP contribution in [0.5, 0.6) is 0 Å². The van der Waals surface area contributed by atoms with Crippen molar-refractivity contribution in [1.82, 2.24) is 18.5 Å². The van der Waals surface area contributed by atoms with Crippen LogP contribution in [0.15, 0.2) is 117 Å². The molecule has 2 aliphatic heterocycles. The van der Waals surface area contributed by atoms with Crippen molar-refractivity contribution in [2.75, 3.05) is 0 Å². The Kier molecular flexibility index (Phi) is 5.39. The van der Waals surface area contributed by atoms with Crippen LogP contribution < -0.4 is 16.6 Å². The predicted molar refractivity (Wildman–Crippen MR) is 212 cm³/mol. The Balaban J connectivity index is 1.28. The summed E-state index contributed by atoms with van der Waals surface area (Å²) in [6, 6.07) is 35.7. The summed E-state index contributed by atoms with van der Waals surface area (Å²) in [5.74, 6) is 0. The second kappa shape index (κ2) is 9.45. The molecule has 0 amide bonds. The lowest BCUT2D eigenvalue weighted by atomic mass is 9.69. The Morgan fingerprint density at radius 3 is 1.62 bits per heavy atom. The molecule has 2 aliphatic rings. The molecule has 0 saturated carbocycles. The number of hydrogen-bond acceptors (Lipinski definition) is 3. The maximum Gasteiger partial charge on any atom is 0.462 e. The molecule has 0 radical (unpaired) electrons. The van der Waals surface area contributed by atoms with Gasteiger partial charge in [0.2, 0.25) is 0 Å². The minimum atomic E-state index is -0.621. The second-order valence-corrected chi connectivity index (χ2v) is 16.6. The van der Waals surface area contributed by atoms with Crippen molar-refractivity contribution in [2.24, 2.45) is 0 Å². The van der Waals surface area contributed by atoms with Crippen LogP contribution in [0.25, 0.3) is 77.0 Å². The van der Waals surface area contributed by atoms with Gasteiger partial charge in [0.1, 0.15) is 11.2 Å². The average Bonchev–Trinajstić information content (AvgIpc) is 3.89. The third-order valence-corrected chi connectivity index (χ3v) is 11.5. The van der Waals surface area contributed by atoms with Gasteiger partial charge in [0.15, 0.2) is 0 Å². The van der Waals surface area contributed by atoms with Gasteiger partial charge >= 0.3 is 6.98 Å². The number of aromatic nitrogens is 4. The summed E-state index contributed by atoms with van der Waals surface area (Å²) in [4.78, 5) is 29.3. The summed E-state index contributed by atoms with van der Waals surface area (Å²) in [7, 11) is 0. The highest BCUT2D eigenvalue weighted by Crippen LogP contribution is 2.42. The number of nitrogens with zero attached hydrogens (tertiary/aromatic N) is 4. The Morgan fingerprint density at radius 1 is 0.538 bits per heavy atom. The molecule has 52 heavy (non-hydrogen) atoms. The van der Waals surface area contributed by atoms with Crippen LogP contribution in [0.2, 0.25) is 0 Å². The second-order valence-electron chi connectivity index (χ2n) is 16.6. The lowest BCUT2D eigenvalue weighted by Gasteiger charge is -2.19. The van der Waals surface area contributed by atoms with E-state index in [1.165, 1.54) is 0 Å². The first-order valence-corrected chi connectivity index (χ1v) is 18.0. The molecule has 5 heterocycles. The van der Waals surface area contributed by atoms with Crippen LogP contribution in [0, 0.1) is 0 Å². The van der Waals surface area contributed by atoms with Crippen molar-refractivity contribution in [3.63, 3.8) is 0 Å². The topological polar surface area (TPSA) is 67.0 Å². The summed E-state index contributed by atoms with van der Waals surface area (Å²) in [6.45, 7) is 12.3. The minimum Gasteiger partial charge on any atom is -0.456 e. The summed E-state index contributed by atoms with van der Waals surface area (Å²) >= 11 is 0. The Morgan fingerprint density at radius 2 is 1.06 bits per heavy atom. The molecule has 0 N–H and O–H groups in total. The van der Waals surface area contributed by atoms with E-state index < -0.39 is 6.98 Å². The molecular formula is C44H35BN4O3. The number of furan rings is 1. The molecule has 0 atom stereocenters. The largest absolute Gasteiger partial charge is 0.462 e. The maximum atomic E-state index is 14.6. The molecule has 0 fully saturated rings. The molecule has 6 aromatic carbocycles. The van der Waals surface area contributed by atoms with E-state index in [4.69, 9.17) is 4.42 Å². The van der Waals surface area contributed by atoms with Gasteiger partial charge in [-0.25, -0.2) is 0 Å². The van der Waals surface area contributed by atoms with Crippen LogP contribution in [0.3, 0.4) is 0 Å². The van der Waals surface area contributed by atoms with Crippen LogP contribution in [0.1, 0.15) is 52.7 Å². The zero-order valence-electron chi connectivity index (χ0n) is 29.9. The highest BCUT2D eigenvalue weighted by atomic mass is 16.3. The standard InChI is InChI=1S/C44H35BN4O3/c1-43(2,3)25-15-17-33-31(21-25)41(50)48-45-40-35(46(33)48)19-24(20-36(40)47-34-18-16-26(44(4,5)6)22-32(34)42(51)49(45)47)30-23-38-39(28-12-8-7-11-27(28)30)29-13-9-10-14-37(29)52-38/h7-23H,1-6H3. The van der Waals surface area contributed by atoms with Gasteiger partial charge in [-0.05, 0) is 92.4 Å². The summed E-state index contributed by atoms with van der Waals surface area (Å²) in [5, 5.41) is 5.71. The van der Waals surface area contributed by atoms with E-state index in [2.05, 4.69) is 120 Å². The van der Waals surface area contributed by atoms with Crippen molar-refractivity contribution in [3.8, 4) is 22.5 Å². The smallest absolute Gasteiger partial charge is 0.456 e. The SMILES string of the molecule is CC(C)(C)c1ccc2c(c1)c(=O)n1n2-c2cc(-c3cc4oc5ccccc5c4c4ccccc34)cc3c2B1n1c(=O)c2cc(C(C)(C)C)ccc2n1-3. The fourth-order valence-electron chi connectivity index (χ4n) is 8.88. The molecule has 252 valence electrons. The van der Waals surface area contributed by atoms with Crippen molar-refractivity contribution in [3.05, 3.63) is 135 Å². The summed E-state index contributed by atoms with van der Waals surface area (Å²) in [6.07, 6.45) is 0. The molecule has 9 aromatic rings. The van der Waals surface area contributed by atoms with Crippen molar-refractivity contribution < 1.29 is 4.42 Å². The minimum absolute atomic E-state index is 0.107. The van der Waals surface area contributed by atoms with Gasteiger partial charge in [0.05, 0.1) is 33.2 Å². The van der Waals surface area contributed by atoms with E-state index in [9.17, 15) is 9.59 Å². The fourth-order valence-corrected chi connectivity index (χ4v) is 8.88. The van der Waals surface area contributed by atoms with E-state index in [1.54, 1.807) is 9.19 Å². The highest BCUT2D eigenvalue weighted by Gasteiger charge is 2.48. The quantitative estimate of drug-likeness (QED) is 0.163. The van der Waals surface area contributed by atoms with Crippen molar-refractivity contribution >= 4 is 67.0 Å². The number of rotatable bonds is 1. The van der Waals surface area contributed by atoms with Gasteiger partial charge in [-0.1, -0.05) is 96.1 Å². The van der Waals surface area contributed by atoms with E-state index in [0.29, 0.717) is 10.8 Å². The monoisotopic (exact) mass is 678 g/mol. The average molecular weight is 679 g/mol. The first-order valence-electron chi connectivity index (χ1n) is 18.0. The Bertz CT molecular complexity index is 3070. The van der Waals surface area contributed by atoms with Gasteiger partial charge in [-0.3, -0.25) is 28.1 Å². The van der Waals surface area contributed by atoms with Crippen LogP contribution >= 0.6 is 0 Å². The lowest BCUT2D eigenvalue weighted by Crippen LogP contribution is -2.48. The fraction of sp³-hybridized carbons (Fsp3) is 0.182. The Hall–Kier alpha value is -6.02. The van der Waals surface area contributed by atoms with Crippen LogP contribution in [0.4, 0.5) is 0 Å². The number of fused-ring (bicyclic) bond motifs is 15. The van der Waals surface area contributed by atoms with E-state index in [-0.39, 0.29) is 21.9 Å². The van der Waals surface area contributed by atoms with Gasteiger partial charge in [-0.2, -0.15) is 0 Å². The number of benzene rings is 6. The summed E-state index contributed by atoms with van der Waals surface area (Å²) in [5.41, 5.74) is 9.80.